The minimum absolute atomic E-state index is 0.340. The van der Waals surface area contributed by atoms with E-state index in [9.17, 15) is 9.00 Å². The third-order valence-electron chi connectivity index (χ3n) is 1.80. The summed E-state index contributed by atoms with van der Waals surface area (Å²) in [5, 5.41) is -0.878. The van der Waals surface area contributed by atoms with Crippen LogP contribution in [0, 0.1) is 0 Å². The van der Waals surface area contributed by atoms with Crippen molar-refractivity contribution in [3.05, 3.63) is 0 Å². The predicted octanol–water partition coefficient (Wildman–Crippen LogP) is 1.72. The lowest BCUT2D eigenvalue weighted by Gasteiger charge is -2.10. The molecule has 0 aromatic rings. The van der Waals surface area contributed by atoms with Gasteiger partial charge in [0.15, 0.2) is 16.3 Å². The lowest BCUT2D eigenvalue weighted by atomic mass is 10.2. The smallest absolute Gasteiger partial charge is 0.324 e. The van der Waals surface area contributed by atoms with E-state index in [1.807, 2.05) is 13.8 Å². The molecule has 0 aliphatic rings. The van der Waals surface area contributed by atoms with Gasteiger partial charge in [-0.2, -0.15) is 0 Å². The Labute approximate surface area is 87.3 Å². The highest BCUT2D eigenvalue weighted by Gasteiger charge is 2.24. The molecule has 4 nitrogen and oxygen atoms in total. The summed E-state index contributed by atoms with van der Waals surface area (Å²) < 4.78 is 24.5. The van der Waals surface area contributed by atoms with Gasteiger partial charge in [-0.25, -0.2) is 4.21 Å². The molecule has 0 aliphatic heterocycles. The average Bonchev–Trinajstić information content (AvgIpc) is 2.13. The maximum atomic E-state index is 11.3. The Morgan fingerprint density at radius 3 is 2.50 bits per heavy atom. The Balaban J connectivity index is 3.96. The maximum Gasteiger partial charge on any atom is 0.324 e. The summed E-state index contributed by atoms with van der Waals surface area (Å²) in [5.41, 5.74) is 0. The Kier molecular flexibility index (Phi) is 7.70. The summed E-state index contributed by atoms with van der Waals surface area (Å²) in [6.07, 6.45) is 2.82. The molecule has 14 heavy (non-hydrogen) atoms. The highest BCUT2D eigenvalue weighted by Crippen LogP contribution is 2.06. The van der Waals surface area contributed by atoms with Gasteiger partial charge in [0.1, 0.15) is 0 Å². The molecule has 5 heteroatoms. The number of hydrogen-bond donors (Lipinski definition) is 1. The van der Waals surface area contributed by atoms with Crippen molar-refractivity contribution in [3.8, 4) is 0 Å². The summed E-state index contributed by atoms with van der Waals surface area (Å²) in [6.45, 7) is 4.19. The molecule has 0 saturated heterocycles. The number of carbonyl (C=O) groups excluding carboxylic acids is 1. The van der Waals surface area contributed by atoms with Gasteiger partial charge in [-0.15, -0.1) is 0 Å². The van der Waals surface area contributed by atoms with Crippen molar-refractivity contribution < 1.29 is 18.3 Å². The normalized spacial score (nSPS) is 14.8. The zero-order chi connectivity index (χ0) is 11.0. The SMILES string of the molecule is CCCCOC(=O)C(CCC)S(=O)O. The van der Waals surface area contributed by atoms with Crippen LogP contribution in [-0.2, 0) is 20.6 Å². The van der Waals surface area contributed by atoms with E-state index in [1.165, 1.54) is 0 Å². The topological polar surface area (TPSA) is 63.6 Å². The second-order valence-electron chi connectivity index (χ2n) is 3.07. The van der Waals surface area contributed by atoms with Crippen molar-refractivity contribution in [3.63, 3.8) is 0 Å². The second kappa shape index (κ2) is 7.94. The standard InChI is InChI=1S/C9H18O4S/c1-3-5-7-13-9(10)8(6-4-2)14(11)12/h8H,3-7H2,1-2H3,(H,11,12). The van der Waals surface area contributed by atoms with Crippen molar-refractivity contribution in [2.45, 2.75) is 44.8 Å². The lowest BCUT2D eigenvalue weighted by Crippen LogP contribution is -2.28. The Bertz CT molecular complexity index is 193. The molecule has 1 N–H and O–H groups in total. The average molecular weight is 222 g/mol. The van der Waals surface area contributed by atoms with Gasteiger partial charge in [0, 0.05) is 0 Å². The Morgan fingerprint density at radius 1 is 1.43 bits per heavy atom. The van der Waals surface area contributed by atoms with Crippen molar-refractivity contribution in [2.24, 2.45) is 0 Å². The molecule has 0 fully saturated rings. The second-order valence-corrected chi connectivity index (χ2v) is 4.20. The van der Waals surface area contributed by atoms with Crippen LogP contribution in [0.5, 0.6) is 0 Å². The van der Waals surface area contributed by atoms with Crippen LogP contribution in [0.1, 0.15) is 39.5 Å². The number of unbranched alkanes of at least 4 members (excludes halogenated alkanes) is 1. The van der Waals surface area contributed by atoms with Crippen LogP contribution in [0.25, 0.3) is 0 Å². The molecule has 2 unspecified atom stereocenters. The molecule has 0 heterocycles. The summed E-state index contributed by atoms with van der Waals surface area (Å²) in [6, 6.07) is 0. The van der Waals surface area contributed by atoms with Gasteiger partial charge in [-0.1, -0.05) is 26.7 Å². The van der Waals surface area contributed by atoms with Crippen LogP contribution in [-0.4, -0.2) is 26.6 Å². The number of ether oxygens (including phenoxy) is 1. The van der Waals surface area contributed by atoms with Crippen LogP contribution >= 0.6 is 0 Å². The third kappa shape index (κ3) is 5.34. The van der Waals surface area contributed by atoms with Gasteiger partial charge < -0.3 is 9.29 Å². The quantitative estimate of drug-likeness (QED) is 0.405. The fourth-order valence-electron chi connectivity index (χ4n) is 0.973. The highest BCUT2D eigenvalue weighted by molar-refractivity contribution is 7.80. The maximum absolute atomic E-state index is 11.3. The van der Waals surface area contributed by atoms with Crippen LogP contribution in [0.15, 0.2) is 0 Å². The first-order chi connectivity index (χ1) is 6.63. The minimum Gasteiger partial charge on any atom is -0.465 e. The zero-order valence-corrected chi connectivity index (χ0v) is 9.51. The molecular weight excluding hydrogens is 204 g/mol. The largest absolute Gasteiger partial charge is 0.465 e. The third-order valence-corrected chi connectivity index (χ3v) is 2.71. The van der Waals surface area contributed by atoms with Crippen LogP contribution < -0.4 is 0 Å². The number of hydrogen-bond acceptors (Lipinski definition) is 3. The van der Waals surface area contributed by atoms with Gasteiger partial charge in [0.05, 0.1) is 6.61 Å². The highest BCUT2D eigenvalue weighted by atomic mass is 32.2. The summed E-state index contributed by atoms with van der Waals surface area (Å²) in [5.74, 6) is -0.555. The first-order valence-electron chi connectivity index (χ1n) is 4.89. The summed E-state index contributed by atoms with van der Waals surface area (Å²) in [7, 11) is 0. The van der Waals surface area contributed by atoms with E-state index in [0.717, 1.165) is 12.8 Å². The van der Waals surface area contributed by atoms with E-state index in [4.69, 9.17) is 9.29 Å². The van der Waals surface area contributed by atoms with Gasteiger partial charge in [-0.05, 0) is 12.8 Å². The van der Waals surface area contributed by atoms with E-state index >= 15 is 0 Å². The molecule has 0 aromatic carbocycles. The van der Waals surface area contributed by atoms with Crippen molar-refractivity contribution >= 4 is 17.0 Å². The van der Waals surface area contributed by atoms with E-state index in [1.54, 1.807) is 0 Å². The van der Waals surface area contributed by atoms with E-state index < -0.39 is 22.3 Å². The van der Waals surface area contributed by atoms with E-state index in [2.05, 4.69) is 0 Å². The van der Waals surface area contributed by atoms with Crippen molar-refractivity contribution in [2.75, 3.05) is 6.61 Å². The molecular formula is C9H18O4S. The lowest BCUT2D eigenvalue weighted by molar-refractivity contribution is -0.143. The monoisotopic (exact) mass is 222 g/mol. The zero-order valence-electron chi connectivity index (χ0n) is 8.69. The van der Waals surface area contributed by atoms with Gasteiger partial charge >= 0.3 is 5.97 Å². The fraction of sp³-hybridized carbons (Fsp3) is 0.889. The number of carbonyl (C=O) groups is 1. The number of esters is 1. The molecule has 2 atom stereocenters. The first kappa shape index (κ1) is 13.6. The van der Waals surface area contributed by atoms with Crippen molar-refractivity contribution in [1.29, 1.82) is 0 Å². The van der Waals surface area contributed by atoms with Gasteiger partial charge in [0.25, 0.3) is 0 Å². The Hall–Kier alpha value is -0.420. The van der Waals surface area contributed by atoms with E-state index in [0.29, 0.717) is 19.4 Å². The molecule has 0 rings (SSSR count). The van der Waals surface area contributed by atoms with Crippen LogP contribution in [0.3, 0.4) is 0 Å². The minimum atomic E-state index is -2.11. The van der Waals surface area contributed by atoms with Crippen LogP contribution in [0.2, 0.25) is 0 Å². The molecule has 84 valence electrons. The molecule has 0 aliphatic carbocycles. The fourth-order valence-corrected chi connectivity index (χ4v) is 1.64. The van der Waals surface area contributed by atoms with Gasteiger partial charge in [0.2, 0.25) is 0 Å². The number of rotatable bonds is 7. The summed E-state index contributed by atoms with van der Waals surface area (Å²) >= 11 is -2.11. The molecule has 0 amide bonds. The Morgan fingerprint density at radius 2 is 2.07 bits per heavy atom. The molecule has 0 saturated carbocycles. The van der Waals surface area contributed by atoms with Crippen molar-refractivity contribution in [1.82, 2.24) is 0 Å². The van der Waals surface area contributed by atoms with Gasteiger partial charge in [-0.3, -0.25) is 4.79 Å². The van der Waals surface area contributed by atoms with E-state index in [-0.39, 0.29) is 0 Å². The molecule has 0 bridgehead atoms. The molecule has 0 aromatic heterocycles. The first-order valence-corrected chi connectivity index (χ1v) is 6.06. The molecule has 0 radical (unpaired) electrons. The molecule has 0 spiro atoms. The summed E-state index contributed by atoms with van der Waals surface area (Å²) in [4.78, 5) is 11.3. The predicted molar refractivity (Wildman–Crippen MR) is 55.3 cm³/mol. The van der Waals surface area contributed by atoms with Crippen LogP contribution in [0.4, 0.5) is 0 Å².